The van der Waals surface area contributed by atoms with Crippen molar-refractivity contribution >= 4 is 11.8 Å². The van der Waals surface area contributed by atoms with Gasteiger partial charge in [0.05, 0.1) is 6.20 Å². The topological polar surface area (TPSA) is 43.8 Å². The summed E-state index contributed by atoms with van der Waals surface area (Å²) >= 11 is 1.76. The molecule has 0 aliphatic heterocycles. The van der Waals surface area contributed by atoms with Crippen molar-refractivity contribution in [3.8, 4) is 0 Å². The number of nitrogens with zero attached hydrogens (tertiary/aromatic N) is 2. The third kappa shape index (κ3) is 3.11. The molecule has 90 valence electrons. The van der Waals surface area contributed by atoms with Gasteiger partial charge in [0, 0.05) is 29.4 Å². The maximum absolute atomic E-state index is 6.25. The van der Waals surface area contributed by atoms with Gasteiger partial charge in [-0.2, -0.15) is 5.10 Å². The Morgan fingerprint density at radius 3 is 2.59 bits per heavy atom. The van der Waals surface area contributed by atoms with Gasteiger partial charge in [-0.3, -0.25) is 4.68 Å². The third-order valence-corrected chi connectivity index (χ3v) is 3.84. The molecule has 4 heteroatoms. The minimum atomic E-state index is 0.0430. The fourth-order valence-corrected chi connectivity index (χ4v) is 2.75. The summed E-state index contributed by atoms with van der Waals surface area (Å²) < 4.78 is 1.81. The molecule has 2 rings (SSSR count). The Bertz CT molecular complexity index is 467. The zero-order valence-electron chi connectivity index (χ0n) is 10.1. The van der Waals surface area contributed by atoms with Crippen molar-refractivity contribution in [2.45, 2.75) is 23.1 Å². The van der Waals surface area contributed by atoms with Gasteiger partial charge in [-0.05, 0) is 5.56 Å². The number of thioether (sulfide) groups is 1. The monoisotopic (exact) mass is 247 g/mol. The van der Waals surface area contributed by atoms with Gasteiger partial charge in [0.2, 0.25) is 0 Å². The number of rotatable bonds is 4. The molecule has 3 nitrogen and oxygen atoms in total. The SMILES string of the molecule is CC(Sc1cnn(C)c1)C(N)c1ccccc1. The highest BCUT2D eigenvalue weighted by atomic mass is 32.2. The van der Waals surface area contributed by atoms with E-state index in [1.54, 1.807) is 11.8 Å². The molecule has 0 saturated carbocycles. The smallest absolute Gasteiger partial charge is 0.0625 e. The van der Waals surface area contributed by atoms with Crippen LogP contribution in [0.1, 0.15) is 18.5 Å². The van der Waals surface area contributed by atoms with Crippen LogP contribution in [0.5, 0.6) is 0 Å². The second kappa shape index (κ2) is 5.38. The van der Waals surface area contributed by atoms with E-state index in [1.807, 2.05) is 42.3 Å². The lowest BCUT2D eigenvalue weighted by molar-refractivity contribution is 0.715. The standard InChI is InChI=1S/C13H17N3S/c1-10(17-12-8-15-16(2)9-12)13(14)11-6-4-3-5-7-11/h3-10,13H,14H2,1-2H3. The summed E-state index contributed by atoms with van der Waals surface area (Å²) in [6.45, 7) is 2.15. The minimum Gasteiger partial charge on any atom is -0.323 e. The first-order valence-electron chi connectivity index (χ1n) is 5.62. The minimum absolute atomic E-state index is 0.0430. The zero-order valence-corrected chi connectivity index (χ0v) is 10.9. The number of hydrogen-bond donors (Lipinski definition) is 1. The maximum Gasteiger partial charge on any atom is 0.0625 e. The third-order valence-electron chi connectivity index (χ3n) is 2.69. The van der Waals surface area contributed by atoms with Crippen LogP contribution in [0.25, 0.3) is 0 Å². The van der Waals surface area contributed by atoms with Crippen LogP contribution in [0.2, 0.25) is 0 Å². The summed E-state index contributed by atoms with van der Waals surface area (Å²) in [6, 6.07) is 10.2. The van der Waals surface area contributed by atoms with E-state index in [1.165, 1.54) is 5.56 Å². The van der Waals surface area contributed by atoms with E-state index < -0.39 is 0 Å². The summed E-state index contributed by atoms with van der Waals surface area (Å²) in [7, 11) is 1.92. The molecule has 2 atom stereocenters. The van der Waals surface area contributed by atoms with Gasteiger partial charge in [-0.15, -0.1) is 11.8 Å². The molecule has 17 heavy (non-hydrogen) atoms. The predicted molar refractivity (Wildman–Crippen MR) is 71.9 cm³/mol. The molecule has 0 spiro atoms. The number of aromatic nitrogens is 2. The van der Waals surface area contributed by atoms with Crippen molar-refractivity contribution in [3.05, 3.63) is 48.3 Å². The molecular weight excluding hydrogens is 230 g/mol. The molecule has 1 aromatic carbocycles. The van der Waals surface area contributed by atoms with Crippen LogP contribution < -0.4 is 5.73 Å². The first-order valence-corrected chi connectivity index (χ1v) is 6.50. The van der Waals surface area contributed by atoms with E-state index in [-0.39, 0.29) is 6.04 Å². The van der Waals surface area contributed by atoms with Gasteiger partial charge in [-0.25, -0.2) is 0 Å². The van der Waals surface area contributed by atoms with Crippen LogP contribution in [0.3, 0.4) is 0 Å². The van der Waals surface area contributed by atoms with Crippen molar-refractivity contribution in [1.29, 1.82) is 0 Å². The molecule has 0 aliphatic rings. The van der Waals surface area contributed by atoms with Gasteiger partial charge in [0.1, 0.15) is 0 Å². The number of aryl methyl sites for hydroxylation is 1. The van der Waals surface area contributed by atoms with Gasteiger partial charge in [0.25, 0.3) is 0 Å². The van der Waals surface area contributed by atoms with Crippen molar-refractivity contribution in [2.75, 3.05) is 0 Å². The van der Waals surface area contributed by atoms with Crippen LogP contribution >= 0.6 is 11.8 Å². The Labute approximate surface area is 106 Å². The van der Waals surface area contributed by atoms with Crippen LogP contribution in [0.15, 0.2) is 47.6 Å². The lowest BCUT2D eigenvalue weighted by Gasteiger charge is -2.19. The summed E-state index contributed by atoms with van der Waals surface area (Å²) in [5, 5.41) is 4.48. The number of nitrogens with two attached hydrogens (primary N) is 1. The molecule has 0 radical (unpaired) electrons. The fourth-order valence-electron chi connectivity index (χ4n) is 1.69. The average Bonchev–Trinajstić information content (AvgIpc) is 2.75. The van der Waals surface area contributed by atoms with E-state index >= 15 is 0 Å². The summed E-state index contributed by atoms with van der Waals surface area (Å²) in [5.74, 6) is 0. The normalized spacial score (nSPS) is 14.5. The van der Waals surface area contributed by atoms with Gasteiger partial charge in [0.15, 0.2) is 0 Å². The lowest BCUT2D eigenvalue weighted by Crippen LogP contribution is -2.20. The van der Waals surface area contributed by atoms with E-state index in [0.717, 1.165) is 4.90 Å². The zero-order chi connectivity index (χ0) is 12.3. The highest BCUT2D eigenvalue weighted by molar-refractivity contribution is 8.00. The Morgan fingerprint density at radius 1 is 1.29 bits per heavy atom. The molecule has 0 fully saturated rings. The molecule has 0 aliphatic carbocycles. The second-order valence-electron chi connectivity index (χ2n) is 4.11. The Morgan fingerprint density at radius 2 is 2.00 bits per heavy atom. The van der Waals surface area contributed by atoms with Crippen molar-refractivity contribution in [1.82, 2.24) is 9.78 Å². The fraction of sp³-hybridized carbons (Fsp3) is 0.308. The lowest BCUT2D eigenvalue weighted by atomic mass is 10.1. The molecule has 1 heterocycles. The molecule has 0 bridgehead atoms. The molecule has 2 aromatic rings. The molecule has 1 aromatic heterocycles. The van der Waals surface area contributed by atoms with Crippen LogP contribution in [-0.4, -0.2) is 15.0 Å². The summed E-state index contributed by atoms with van der Waals surface area (Å²) in [6.07, 6.45) is 3.89. The molecular formula is C13H17N3S. The quantitative estimate of drug-likeness (QED) is 0.845. The number of hydrogen-bond acceptors (Lipinski definition) is 3. The average molecular weight is 247 g/mol. The van der Waals surface area contributed by atoms with Gasteiger partial charge < -0.3 is 5.73 Å². The Balaban J connectivity index is 2.03. The molecule has 2 unspecified atom stereocenters. The Kier molecular flexibility index (Phi) is 3.86. The van der Waals surface area contributed by atoms with Gasteiger partial charge >= 0.3 is 0 Å². The predicted octanol–water partition coefficient (Wildman–Crippen LogP) is 2.60. The van der Waals surface area contributed by atoms with E-state index in [0.29, 0.717) is 5.25 Å². The Hall–Kier alpha value is -1.26. The number of benzene rings is 1. The highest BCUT2D eigenvalue weighted by Gasteiger charge is 2.16. The van der Waals surface area contributed by atoms with Gasteiger partial charge in [-0.1, -0.05) is 37.3 Å². The van der Waals surface area contributed by atoms with E-state index in [2.05, 4.69) is 24.2 Å². The molecule has 0 saturated heterocycles. The first kappa shape index (κ1) is 12.2. The molecule has 2 N–H and O–H groups in total. The van der Waals surface area contributed by atoms with Crippen molar-refractivity contribution in [3.63, 3.8) is 0 Å². The van der Waals surface area contributed by atoms with Crippen LogP contribution in [0, 0.1) is 0 Å². The summed E-state index contributed by atoms with van der Waals surface area (Å²) in [5.41, 5.74) is 7.42. The van der Waals surface area contributed by atoms with Crippen molar-refractivity contribution < 1.29 is 0 Å². The molecule has 0 amide bonds. The first-order chi connectivity index (χ1) is 8.16. The van der Waals surface area contributed by atoms with Crippen LogP contribution in [-0.2, 0) is 7.05 Å². The largest absolute Gasteiger partial charge is 0.323 e. The van der Waals surface area contributed by atoms with E-state index in [4.69, 9.17) is 5.73 Å². The summed E-state index contributed by atoms with van der Waals surface area (Å²) in [4.78, 5) is 1.16. The second-order valence-corrected chi connectivity index (χ2v) is 5.56. The van der Waals surface area contributed by atoms with E-state index in [9.17, 15) is 0 Å². The highest BCUT2D eigenvalue weighted by Crippen LogP contribution is 2.29. The maximum atomic E-state index is 6.25. The van der Waals surface area contributed by atoms with Crippen molar-refractivity contribution in [2.24, 2.45) is 12.8 Å². The van der Waals surface area contributed by atoms with Crippen LogP contribution in [0.4, 0.5) is 0 Å².